The fraction of sp³-hybridized carbons (Fsp3) is 0. The van der Waals surface area contributed by atoms with Gasteiger partial charge in [0.1, 0.15) is 0 Å². The van der Waals surface area contributed by atoms with Crippen LogP contribution in [-0.4, -0.2) is 21.8 Å². The predicted octanol–water partition coefficient (Wildman–Crippen LogP) is 0.446. The average Bonchev–Trinajstić information content (AvgIpc) is 2.26. The van der Waals surface area contributed by atoms with Crippen LogP contribution < -0.4 is 0 Å². The molecule has 0 unspecified atom stereocenters. The molecule has 0 saturated heterocycles. The van der Waals surface area contributed by atoms with E-state index in [-0.39, 0.29) is 0 Å². The Bertz CT molecular complexity index is 649. The van der Waals surface area contributed by atoms with Crippen LogP contribution in [0.3, 0.4) is 0 Å². The zero-order valence-corrected chi connectivity index (χ0v) is 9.85. The zero-order chi connectivity index (χ0) is 14.0. The summed E-state index contributed by atoms with van der Waals surface area (Å²) in [5.74, 6) is 0. The molecule has 100 valence electrons. The molecule has 12 heteroatoms. The summed E-state index contributed by atoms with van der Waals surface area (Å²) >= 11 is 0. The highest BCUT2D eigenvalue weighted by atomic mass is 32.3. The van der Waals surface area contributed by atoms with E-state index in [4.69, 9.17) is 0 Å². The van der Waals surface area contributed by atoms with Crippen LogP contribution in [0.5, 0.6) is 0 Å². The van der Waals surface area contributed by atoms with Crippen molar-refractivity contribution in [2.24, 2.45) is 0 Å². The lowest BCUT2D eigenvalue weighted by Gasteiger charge is -2.01. The maximum atomic E-state index is 11.9. The summed E-state index contributed by atoms with van der Waals surface area (Å²) in [5, 5.41) is 10.3. The van der Waals surface area contributed by atoms with Crippen LogP contribution in [0.1, 0.15) is 0 Å². The maximum Gasteiger partial charge on any atom is 0.465 e. The van der Waals surface area contributed by atoms with Gasteiger partial charge in [0.05, 0.1) is 9.82 Å². The quantitative estimate of drug-likeness (QED) is 0.331. The van der Waals surface area contributed by atoms with Crippen molar-refractivity contribution in [1.29, 1.82) is 0 Å². The second-order valence-corrected chi connectivity index (χ2v) is 5.17. The monoisotopic (exact) mass is 301 g/mol. The van der Waals surface area contributed by atoms with Crippen molar-refractivity contribution in [3.05, 3.63) is 34.4 Å². The van der Waals surface area contributed by atoms with Gasteiger partial charge in [-0.05, 0) is 12.1 Å². The first kappa shape index (κ1) is 14.4. The molecule has 1 aromatic carbocycles. The minimum Gasteiger partial charge on any atom is -0.258 e. The Hall–Kier alpha value is -1.63. The van der Waals surface area contributed by atoms with Gasteiger partial charge in [0.15, 0.2) is 0 Å². The first-order valence-corrected chi connectivity index (χ1v) is 6.65. The summed E-state index contributed by atoms with van der Waals surface area (Å²) < 4.78 is 60.5. The molecule has 0 aliphatic rings. The van der Waals surface area contributed by atoms with E-state index < -0.39 is 36.1 Å². The summed E-state index contributed by atoms with van der Waals surface area (Å²) in [6.07, 6.45) is 0. The Kier molecular flexibility index (Phi) is 3.95. The number of rotatable bonds is 5. The Labute approximate surface area is 100 Å². The van der Waals surface area contributed by atoms with E-state index in [1.165, 1.54) is 0 Å². The fourth-order valence-electron chi connectivity index (χ4n) is 0.844. The minimum atomic E-state index is -5.60. The van der Waals surface area contributed by atoms with Crippen molar-refractivity contribution >= 4 is 26.3 Å². The SMILES string of the molecule is O=[N+]([O-])c1ccc(S(=O)(=O)OOS(=O)(=O)F)cc1. The lowest BCUT2D eigenvalue weighted by Crippen LogP contribution is -2.09. The zero-order valence-electron chi connectivity index (χ0n) is 8.22. The van der Waals surface area contributed by atoms with Crippen LogP contribution in [0.25, 0.3) is 0 Å². The maximum absolute atomic E-state index is 11.9. The van der Waals surface area contributed by atoms with E-state index in [2.05, 4.69) is 8.67 Å². The summed E-state index contributed by atoms with van der Waals surface area (Å²) in [6.45, 7) is 0. The second-order valence-electron chi connectivity index (χ2n) is 2.73. The highest BCUT2D eigenvalue weighted by molar-refractivity contribution is 7.87. The van der Waals surface area contributed by atoms with Crippen molar-refractivity contribution in [3.63, 3.8) is 0 Å². The molecule has 1 rings (SSSR count). The van der Waals surface area contributed by atoms with Crippen LogP contribution in [0.4, 0.5) is 9.57 Å². The topological polar surface area (TPSA) is 130 Å². The predicted molar refractivity (Wildman–Crippen MR) is 52.5 cm³/mol. The van der Waals surface area contributed by atoms with Gasteiger partial charge < -0.3 is 0 Å². The first-order chi connectivity index (χ1) is 8.12. The van der Waals surface area contributed by atoms with Gasteiger partial charge in [-0.1, -0.05) is 12.6 Å². The van der Waals surface area contributed by atoms with Gasteiger partial charge >= 0.3 is 20.6 Å². The number of non-ortho nitro benzene ring substituents is 1. The van der Waals surface area contributed by atoms with Gasteiger partial charge in [-0.3, -0.25) is 10.1 Å². The molecule has 0 fully saturated rings. The van der Waals surface area contributed by atoms with Crippen LogP contribution in [0.15, 0.2) is 29.2 Å². The summed E-state index contributed by atoms with van der Waals surface area (Å²) in [4.78, 5) is 8.87. The van der Waals surface area contributed by atoms with E-state index in [9.17, 15) is 30.8 Å². The van der Waals surface area contributed by atoms with Gasteiger partial charge in [-0.25, -0.2) is 0 Å². The molecule has 0 bridgehead atoms. The molecule has 0 amide bonds. The third-order valence-electron chi connectivity index (χ3n) is 1.53. The van der Waals surface area contributed by atoms with Crippen molar-refractivity contribution in [3.8, 4) is 0 Å². The number of nitro groups is 1. The lowest BCUT2D eigenvalue weighted by atomic mass is 10.3. The first-order valence-electron chi connectivity index (χ1n) is 3.94. The van der Waals surface area contributed by atoms with E-state index in [0.717, 1.165) is 24.3 Å². The normalized spacial score (nSPS) is 12.3. The van der Waals surface area contributed by atoms with E-state index in [1.807, 2.05) is 0 Å². The number of benzene rings is 1. The van der Waals surface area contributed by atoms with Crippen molar-refractivity contribution in [2.75, 3.05) is 0 Å². The van der Waals surface area contributed by atoms with E-state index in [0.29, 0.717) is 0 Å². The van der Waals surface area contributed by atoms with Crippen molar-refractivity contribution in [1.82, 2.24) is 0 Å². The molecule has 0 aliphatic carbocycles. The van der Waals surface area contributed by atoms with E-state index >= 15 is 0 Å². The Balaban J connectivity index is 2.96. The van der Waals surface area contributed by atoms with Crippen molar-refractivity contribution < 1.29 is 34.3 Å². The van der Waals surface area contributed by atoms with Gasteiger partial charge in [0.2, 0.25) is 0 Å². The van der Waals surface area contributed by atoms with Crippen LogP contribution in [0.2, 0.25) is 0 Å². The Morgan fingerprint density at radius 3 is 1.94 bits per heavy atom. The van der Waals surface area contributed by atoms with Crippen LogP contribution in [-0.2, 0) is 29.3 Å². The third kappa shape index (κ3) is 3.99. The fourth-order valence-corrected chi connectivity index (χ4v) is 1.95. The smallest absolute Gasteiger partial charge is 0.258 e. The molecule has 0 radical (unpaired) electrons. The number of hydrogen-bond donors (Lipinski definition) is 0. The molecule has 0 saturated carbocycles. The molecule has 0 atom stereocenters. The molecule has 9 nitrogen and oxygen atoms in total. The molecule has 0 heterocycles. The highest BCUT2D eigenvalue weighted by Gasteiger charge is 2.22. The van der Waals surface area contributed by atoms with Gasteiger partial charge in [-0.2, -0.15) is 16.8 Å². The number of hydrogen-bond acceptors (Lipinski definition) is 8. The number of nitrogens with zero attached hydrogens (tertiary/aromatic N) is 1. The van der Waals surface area contributed by atoms with Crippen LogP contribution >= 0.6 is 0 Å². The molecule has 0 N–H and O–H groups in total. The lowest BCUT2D eigenvalue weighted by molar-refractivity contribution is -0.384. The molecular formula is C6H4FNO8S2. The van der Waals surface area contributed by atoms with Crippen LogP contribution in [0, 0.1) is 10.1 Å². The van der Waals surface area contributed by atoms with Gasteiger partial charge in [-0.15, -0.1) is 0 Å². The molecule has 1 aromatic rings. The Morgan fingerprint density at radius 2 is 1.56 bits per heavy atom. The van der Waals surface area contributed by atoms with Gasteiger partial charge in [0, 0.05) is 12.1 Å². The molecule has 0 aliphatic heterocycles. The van der Waals surface area contributed by atoms with E-state index in [1.54, 1.807) is 0 Å². The minimum absolute atomic E-state index is 0.395. The average molecular weight is 301 g/mol. The summed E-state index contributed by atoms with van der Waals surface area (Å²) in [7, 11) is -10.3. The largest absolute Gasteiger partial charge is 0.465 e. The number of nitro benzene ring substituents is 1. The van der Waals surface area contributed by atoms with Gasteiger partial charge in [0.25, 0.3) is 5.69 Å². The molecular weight excluding hydrogens is 297 g/mol. The summed E-state index contributed by atoms with van der Waals surface area (Å²) in [6, 6.07) is 3.20. The third-order valence-corrected chi connectivity index (χ3v) is 2.95. The Morgan fingerprint density at radius 1 is 1.06 bits per heavy atom. The molecule has 0 spiro atoms. The summed E-state index contributed by atoms with van der Waals surface area (Å²) in [5.41, 5.74) is -0.395. The standard InChI is InChI=1S/C6H4FNO8S2/c7-18(13,14)16-15-17(11,12)6-3-1-5(2-4-6)8(9)10/h1-4H. The number of halogens is 1. The molecule has 18 heavy (non-hydrogen) atoms. The molecule has 0 aromatic heterocycles. The second kappa shape index (κ2) is 4.93. The highest BCUT2D eigenvalue weighted by Crippen LogP contribution is 2.18. The van der Waals surface area contributed by atoms with Crippen molar-refractivity contribution in [2.45, 2.75) is 4.90 Å².